The zero-order valence-corrected chi connectivity index (χ0v) is 13.9. The van der Waals surface area contributed by atoms with E-state index in [1.54, 1.807) is 11.0 Å². The first kappa shape index (κ1) is 16.1. The molecule has 1 aromatic carbocycles. The minimum absolute atomic E-state index is 0.0262. The Bertz CT molecular complexity index is 580. The predicted molar refractivity (Wildman–Crippen MR) is 84.8 cm³/mol. The Hall–Kier alpha value is -1.27. The molecule has 1 aliphatic heterocycles. The molecular formula is C14H16BrClN2O3. The van der Waals surface area contributed by atoms with Crippen LogP contribution < -0.4 is 5.32 Å². The normalized spacial score (nSPS) is 17.9. The number of carboxylic acid groups (broad SMARTS) is 1. The molecule has 5 nitrogen and oxygen atoms in total. The molecule has 0 aromatic heterocycles. The Balaban J connectivity index is 1.99. The van der Waals surface area contributed by atoms with Gasteiger partial charge in [-0.3, -0.25) is 4.79 Å². The third kappa shape index (κ3) is 4.11. The first-order valence-corrected chi connectivity index (χ1v) is 7.77. The number of rotatable bonds is 3. The molecule has 7 heteroatoms. The zero-order valence-electron chi connectivity index (χ0n) is 11.5. The van der Waals surface area contributed by atoms with E-state index in [1.165, 1.54) is 0 Å². The number of carbonyl (C=O) groups is 2. The lowest BCUT2D eigenvalue weighted by atomic mass is 10.1. The minimum Gasteiger partial charge on any atom is -0.481 e. The van der Waals surface area contributed by atoms with Crippen molar-refractivity contribution in [3.8, 4) is 0 Å². The van der Waals surface area contributed by atoms with Crippen molar-refractivity contribution in [2.24, 2.45) is 5.92 Å². The highest BCUT2D eigenvalue weighted by atomic mass is 79.9. The van der Waals surface area contributed by atoms with E-state index in [0.29, 0.717) is 23.8 Å². The minimum atomic E-state index is -0.824. The largest absolute Gasteiger partial charge is 0.481 e. The van der Waals surface area contributed by atoms with Crippen LogP contribution in [0.1, 0.15) is 18.4 Å². The van der Waals surface area contributed by atoms with Crippen LogP contribution in [0.15, 0.2) is 16.6 Å². The van der Waals surface area contributed by atoms with Gasteiger partial charge in [-0.05, 0) is 52.9 Å². The third-order valence-electron chi connectivity index (χ3n) is 3.53. The van der Waals surface area contributed by atoms with E-state index in [0.717, 1.165) is 16.5 Å². The molecule has 1 atom stereocenters. The van der Waals surface area contributed by atoms with Gasteiger partial charge in [0.05, 0.1) is 5.69 Å². The SMILES string of the molecule is Cc1cc(Br)c(NC(=O)N2CCC(CC(=O)O)C2)cc1Cl. The standard InChI is InChI=1S/C14H16BrClN2O3/c1-8-4-10(15)12(6-11(8)16)17-14(21)18-3-2-9(7-18)5-13(19)20/h4,6,9H,2-3,5,7H2,1H3,(H,17,21)(H,19,20). The molecule has 1 fully saturated rings. The summed E-state index contributed by atoms with van der Waals surface area (Å²) in [6.07, 6.45) is 0.819. The summed E-state index contributed by atoms with van der Waals surface area (Å²) in [7, 11) is 0. The van der Waals surface area contributed by atoms with Gasteiger partial charge in [-0.25, -0.2) is 4.79 Å². The lowest BCUT2D eigenvalue weighted by molar-refractivity contribution is -0.138. The molecule has 1 aromatic rings. The maximum absolute atomic E-state index is 12.2. The van der Waals surface area contributed by atoms with Crippen LogP contribution in [0.5, 0.6) is 0 Å². The maximum Gasteiger partial charge on any atom is 0.321 e. The number of carboxylic acids is 1. The van der Waals surface area contributed by atoms with Crippen LogP contribution in [-0.2, 0) is 4.79 Å². The van der Waals surface area contributed by atoms with Crippen molar-refractivity contribution in [3.05, 3.63) is 27.2 Å². The molecule has 2 rings (SSSR count). The molecule has 1 unspecified atom stereocenters. The number of aryl methyl sites for hydroxylation is 1. The number of hydrogen-bond donors (Lipinski definition) is 2. The Labute approximate surface area is 136 Å². The van der Waals surface area contributed by atoms with Crippen molar-refractivity contribution in [2.75, 3.05) is 18.4 Å². The molecule has 2 amide bonds. The number of aliphatic carboxylic acids is 1. The number of likely N-dealkylation sites (tertiary alicyclic amines) is 1. The number of benzene rings is 1. The number of urea groups is 1. The summed E-state index contributed by atoms with van der Waals surface area (Å²) in [4.78, 5) is 24.5. The first-order chi connectivity index (χ1) is 9.86. The van der Waals surface area contributed by atoms with E-state index in [1.807, 2.05) is 13.0 Å². The Kier molecular flexibility index (Phi) is 5.11. The number of halogens is 2. The highest BCUT2D eigenvalue weighted by molar-refractivity contribution is 9.10. The predicted octanol–water partition coefficient (Wildman–Crippen LogP) is 3.74. The van der Waals surface area contributed by atoms with Gasteiger partial charge in [-0.2, -0.15) is 0 Å². The number of carbonyl (C=O) groups excluding carboxylic acids is 1. The summed E-state index contributed by atoms with van der Waals surface area (Å²) >= 11 is 9.45. The van der Waals surface area contributed by atoms with E-state index in [9.17, 15) is 9.59 Å². The van der Waals surface area contributed by atoms with Gasteiger partial charge in [0.1, 0.15) is 0 Å². The fourth-order valence-corrected chi connectivity index (χ4v) is 3.09. The summed E-state index contributed by atoms with van der Waals surface area (Å²) in [5.41, 5.74) is 1.53. The molecule has 0 bridgehead atoms. The monoisotopic (exact) mass is 374 g/mol. The van der Waals surface area contributed by atoms with Crippen LogP contribution in [0.3, 0.4) is 0 Å². The van der Waals surface area contributed by atoms with Gasteiger partial charge < -0.3 is 15.3 Å². The lowest BCUT2D eigenvalue weighted by Crippen LogP contribution is -2.33. The van der Waals surface area contributed by atoms with Crippen LogP contribution in [0.4, 0.5) is 10.5 Å². The number of nitrogens with one attached hydrogen (secondary N) is 1. The maximum atomic E-state index is 12.2. The second kappa shape index (κ2) is 6.66. The third-order valence-corrected chi connectivity index (χ3v) is 4.59. The second-order valence-corrected chi connectivity index (χ2v) is 6.47. The quantitative estimate of drug-likeness (QED) is 0.845. The number of anilines is 1. The van der Waals surface area contributed by atoms with Crippen molar-refractivity contribution < 1.29 is 14.7 Å². The van der Waals surface area contributed by atoms with Gasteiger partial charge in [0.25, 0.3) is 0 Å². The topological polar surface area (TPSA) is 69.6 Å². The number of amides is 2. The average Bonchev–Trinajstić information content (AvgIpc) is 2.83. The summed E-state index contributed by atoms with van der Waals surface area (Å²) in [5, 5.41) is 12.2. The Morgan fingerprint density at radius 3 is 2.90 bits per heavy atom. The van der Waals surface area contributed by atoms with Crippen LogP contribution in [0, 0.1) is 12.8 Å². The van der Waals surface area contributed by atoms with E-state index in [4.69, 9.17) is 16.7 Å². The average molecular weight is 376 g/mol. The summed E-state index contributed by atoms with van der Waals surface area (Å²) in [6, 6.07) is 3.31. The van der Waals surface area contributed by atoms with Crippen molar-refractivity contribution in [2.45, 2.75) is 19.8 Å². The van der Waals surface area contributed by atoms with Gasteiger partial charge in [-0.15, -0.1) is 0 Å². The van der Waals surface area contributed by atoms with Crippen molar-refractivity contribution in [1.82, 2.24) is 4.90 Å². The molecule has 0 saturated carbocycles. The molecule has 21 heavy (non-hydrogen) atoms. The summed E-state index contributed by atoms with van der Waals surface area (Å²) in [6.45, 7) is 2.92. The van der Waals surface area contributed by atoms with Gasteiger partial charge in [0.2, 0.25) is 0 Å². The van der Waals surface area contributed by atoms with Crippen molar-refractivity contribution >= 4 is 45.2 Å². The second-order valence-electron chi connectivity index (χ2n) is 5.21. The van der Waals surface area contributed by atoms with E-state index < -0.39 is 5.97 Å². The number of nitrogens with zero attached hydrogens (tertiary/aromatic N) is 1. The smallest absolute Gasteiger partial charge is 0.321 e. The molecule has 2 N–H and O–H groups in total. The molecular weight excluding hydrogens is 360 g/mol. The van der Waals surface area contributed by atoms with E-state index in [-0.39, 0.29) is 18.4 Å². The fourth-order valence-electron chi connectivity index (χ4n) is 2.37. The van der Waals surface area contributed by atoms with Gasteiger partial charge in [-0.1, -0.05) is 11.6 Å². The first-order valence-electron chi connectivity index (χ1n) is 6.60. The molecule has 1 heterocycles. The highest BCUT2D eigenvalue weighted by Gasteiger charge is 2.28. The fraction of sp³-hybridized carbons (Fsp3) is 0.429. The summed E-state index contributed by atoms with van der Waals surface area (Å²) < 4.78 is 0.763. The van der Waals surface area contributed by atoms with E-state index in [2.05, 4.69) is 21.2 Å². The van der Waals surface area contributed by atoms with Crippen LogP contribution in [0.2, 0.25) is 5.02 Å². The molecule has 1 saturated heterocycles. The van der Waals surface area contributed by atoms with Gasteiger partial charge in [0, 0.05) is 29.0 Å². The summed E-state index contributed by atoms with van der Waals surface area (Å²) in [5.74, 6) is -0.798. The van der Waals surface area contributed by atoms with E-state index >= 15 is 0 Å². The Morgan fingerprint density at radius 1 is 1.52 bits per heavy atom. The van der Waals surface area contributed by atoms with Crippen LogP contribution in [-0.4, -0.2) is 35.1 Å². The van der Waals surface area contributed by atoms with Crippen LogP contribution >= 0.6 is 27.5 Å². The molecule has 1 aliphatic rings. The van der Waals surface area contributed by atoms with Crippen molar-refractivity contribution in [3.63, 3.8) is 0 Å². The molecule has 0 radical (unpaired) electrons. The highest BCUT2D eigenvalue weighted by Crippen LogP contribution is 2.30. The zero-order chi connectivity index (χ0) is 15.6. The van der Waals surface area contributed by atoms with Gasteiger partial charge >= 0.3 is 12.0 Å². The van der Waals surface area contributed by atoms with Gasteiger partial charge in [0.15, 0.2) is 0 Å². The molecule has 114 valence electrons. The Morgan fingerprint density at radius 2 is 2.24 bits per heavy atom. The number of hydrogen-bond acceptors (Lipinski definition) is 2. The lowest BCUT2D eigenvalue weighted by Gasteiger charge is -2.18. The molecule has 0 spiro atoms. The van der Waals surface area contributed by atoms with Crippen LogP contribution in [0.25, 0.3) is 0 Å². The van der Waals surface area contributed by atoms with Crippen molar-refractivity contribution in [1.29, 1.82) is 0 Å². The molecule has 0 aliphatic carbocycles.